The summed E-state index contributed by atoms with van der Waals surface area (Å²) in [7, 11) is 0. The highest BCUT2D eigenvalue weighted by molar-refractivity contribution is 5.78. The van der Waals surface area contributed by atoms with Gasteiger partial charge in [-0.15, -0.1) is 0 Å². The molecule has 0 aliphatic rings. The van der Waals surface area contributed by atoms with Crippen LogP contribution in [0, 0.1) is 5.82 Å². The van der Waals surface area contributed by atoms with E-state index in [1.165, 1.54) is 6.07 Å². The zero-order valence-corrected chi connectivity index (χ0v) is 10.8. The summed E-state index contributed by atoms with van der Waals surface area (Å²) in [6.07, 6.45) is 2.00. The summed E-state index contributed by atoms with van der Waals surface area (Å²) in [6, 6.07) is 14.2. The predicted molar refractivity (Wildman–Crippen MR) is 76.6 cm³/mol. The first-order valence-electron chi connectivity index (χ1n) is 6.45. The predicted octanol–water partition coefficient (Wildman–Crippen LogP) is 3.01. The smallest absolute Gasteiger partial charge is 0.146 e. The van der Waals surface area contributed by atoms with Crippen molar-refractivity contribution in [2.24, 2.45) is 5.73 Å². The number of nitrogens with two attached hydrogens (primary N) is 1. The molecule has 0 aliphatic carbocycles. The van der Waals surface area contributed by atoms with E-state index in [1.807, 2.05) is 36.4 Å². The lowest BCUT2D eigenvalue weighted by Crippen LogP contribution is -2.17. The zero-order chi connectivity index (χ0) is 13.9. The molecule has 0 bridgehead atoms. The highest BCUT2D eigenvalue weighted by Gasteiger charge is 2.14. The highest BCUT2D eigenvalue weighted by Crippen LogP contribution is 2.18. The van der Waals surface area contributed by atoms with Crippen LogP contribution in [-0.4, -0.2) is 9.97 Å². The van der Waals surface area contributed by atoms with Gasteiger partial charge >= 0.3 is 0 Å². The minimum Gasteiger partial charge on any atom is -0.322 e. The maximum Gasteiger partial charge on any atom is 0.146 e. The average Bonchev–Trinajstić information content (AvgIpc) is 2.47. The summed E-state index contributed by atoms with van der Waals surface area (Å²) >= 11 is 0. The second kappa shape index (κ2) is 5.35. The molecule has 0 saturated heterocycles. The second-order valence-electron chi connectivity index (χ2n) is 4.68. The minimum atomic E-state index is -0.495. The van der Waals surface area contributed by atoms with Crippen molar-refractivity contribution in [3.63, 3.8) is 0 Å². The number of para-hydroxylation sites is 1. The van der Waals surface area contributed by atoms with Crippen molar-refractivity contribution >= 4 is 10.9 Å². The summed E-state index contributed by atoms with van der Waals surface area (Å²) in [5.74, 6) is -0.374. The summed E-state index contributed by atoms with van der Waals surface area (Å²) in [6.45, 7) is 0. The van der Waals surface area contributed by atoms with Gasteiger partial charge in [-0.05, 0) is 24.3 Å². The van der Waals surface area contributed by atoms with Gasteiger partial charge < -0.3 is 5.73 Å². The standard InChI is InChI=1S/C16H14FN3/c17-13-5-3-9-19-16(13)14(18)10-12-8-7-11-4-1-2-6-15(11)20-12/h1-9,14H,10,18H2. The molecule has 0 amide bonds. The van der Waals surface area contributed by atoms with Gasteiger partial charge in [-0.2, -0.15) is 0 Å². The van der Waals surface area contributed by atoms with Crippen LogP contribution in [-0.2, 0) is 6.42 Å². The monoisotopic (exact) mass is 267 g/mol. The van der Waals surface area contributed by atoms with Crippen LogP contribution in [0.2, 0.25) is 0 Å². The van der Waals surface area contributed by atoms with Crippen molar-refractivity contribution in [2.75, 3.05) is 0 Å². The molecule has 20 heavy (non-hydrogen) atoms. The Morgan fingerprint density at radius 3 is 2.75 bits per heavy atom. The Morgan fingerprint density at radius 1 is 1.05 bits per heavy atom. The Bertz CT molecular complexity index is 742. The Morgan fingerprint density at radius 2 is 1.90 bits per heavy atom. The molecule has 0 aliphatic heterocycles. The van der Waals surface area contributed by atoms with E-state index in [4.69, 9.17) is 5.73 Å². The molecule has 0 saturated carbocycles. The molecule has 0 radical (unpaired) electrons. The number of hydrogen-bond donors (Lipinski definition) is 1. The van der Waals surface area contributed by atoms with Crippen molar-refractivity contribution in [3.8, 4) is 0 Å². The van der Waals surface area contributed by atoms with Gasteiger partial charge in [0, 0.05) is 23.7 Å². The van der Waals surface area contributed by atoms with Crippen LogP contribution >= 0.6 is 0 Å². The second-order valence-corrected chi connectivity index (χ2v) is 4.68. The summed E-state index contributed by atoms with van der Waals surface area (Å²) in [5.41, 5.74) is 8.06. The Labute approximate surface area is 116 Å². The molecule has 3 nitrogen and oxygen atoms in total. The fourth-order valence-electron chi connectivity index (χ4n) is 2.21. The van der Waals surface area contributed by atoms with Crippen molar-refractivity contribution < 1.29 is 4.39 Å². The first-order chi connectivity index (χ1) is 9.74. The lowest BCUT2D eigenvalue weighted by Gasteiger charge is -2.11. The van der Waals surface area contributed by atoms with Crippen LogP contribution in [0.15, 0.2) is 54.7 Å². The van der Waals surface area contributed by atoms with E-state index in [0.717, 1.165) is 16.6 Å². The molecule has 100 valence electrons. The van der Waals surface area contributed by atoms with E-state index in [2.05, 4.69) is 9.97 Å². The number of rotatable bonds is 3. The van der Waals surface area contributed by atoms with Gasteiger partial charge in [0.05, 0.1) is 17.3 Å². The molecule has 2 N–H and O–H groups in total. The number of pyridine rings is 2. The molecule has 0 fully saturated rings. The number of halogens is 1. The molecular formula is C16H14FN3. The summed E-state index contributed by atoms with van der Waals surface area (Å²) < 4.78 is 13.6. The first-order valence-corrected chi connectivity index (χ1v) is 6.45. The molecule has 2 heterocycles. The molecule has 3 rings (SSSR count). The molecule has 2 aromatic heterocycles. The van der Waals surface area contributed by atoms with Crippen molar-refractivity contribution in [1.82, 2.24) is 9.97 Å². The molecule has 0 spiro atoms. The highest BCUT2D eigenvalue weighted by atomic mass is 19.1. The Kier molecular flexibility index (Phi) is 3.39. The van der Waals surface area contributed by atoms with Crippen LogP contribution in [0.25, 0.3) is 10.9 Å². The number of fused-ring (bicyclic) bond motifs is 1. The third-order valence-electron chi connectivity index (χ3n) is 3.22. The first kappa shape index (κ1) is 12.7. The topological polar surface area (TPSA) is 51.8 Å². The average molecular weight is 267 g/mol. The van der Waals surface area contributed by atoms with Gasteiger partial charge in [-0.1, -0.05) is 24.3 Å². The van der Waals surface area contributed by atoms with Crippen LogP contribution in [0.5, 0.6) is 0 Å². The number of benzene rings is 1. The van der Waals surface area contributed by atoms with Gasteiger partial charge in [0.15, 0.2) is 0 Å². The van der Waals surface area contributed by atoms with E-state index in [0.29, 0.717) is 6.42 Å². The fraction of sp³-hybridized carbons (Fsp3) is 0.125. The maximum absolute atomic E-state index is 13.6. The molecular weight excluding hydrogens is 253 g/mol. The van der Waals surface area contributed by atoms with Crippen LogP contribution in [0.4, 0.5) is 4.39 Å². The third-order valence-corrected chi connectivity index (χ3v) is 3.22. The largest absolute Gasteiger partial charge is 0.322 e. The quantitative estimate of drug-likeness (QED) is 0.793. The van der Waals surface area contributed by atoms with Gasteiger partial charge in [0.2, 0.25) is 0 Å². The number of hydrogen-bond acceptors (Lipinski definition) is 3. The lowest BCUT2D eigenvalue weighted by molar-refractivity contribution is 0.562. The van der Waals surface area contributed by atoms with Gasteiger partial charge in [-0.3, -0.25) is 9.97 Å². The lowest BCUT2D eigenvalue weighted by atomic mass is 10.1. The van der Waals surface area contributed by atoms with Crippen LogP contribution < -0.4 is 5.73 Å². The van der Waals surface area contributed by atoms with Crippen molar-refractivity contribution in [2.45, 2.75) is 12.5 Å². The van der Waals surface area contributed by atoms with Crippen molar-refractivity contribution in [3.05, 3.63) is 71.9 Å². The van der Waals surface area contributed by atoms with E-state index < -0.39 is 6.04 Å². The van der Waals surface area contributed by atoms with Crippen LogP contribution in [0.1, 0.15) is 17.4 Å². The summed E-state index contributed by atoms with van der Waals surface area (Å²) in [4.78, 5) is 8.55. The maximum atomic E-state index is 13.6. The fourth-order valence-corrected chi connectivity index (χ4v) is 2.21. The van der Waals surface area contributed by atoms with E-state index >= 15 is 0 Å². The molecule has 1 atom stereocenters. The third kappa shape index (κ3) is 2.51. The normalized spacial score (nSPS) is 12.5. The summed E-state index contributed by atoms with van der Waals surface area (Å²) in [5, 5.41) is 1.08. The van der Waals surface area contributed by atoms with Crippen molar-refractivity contribution in [1.29, 1.82) is 0 Å². The van der Waals surface area contributed by atoms with Gasteiger partial charge in [-0.25, -0.2) is 4.39 Å². The molecule has 1 aromatic carbocycles. The SMILES string of the molecule is NC(Cc1ccc2ccccc2n1)c1ncccc1F. The van der Waals surface area contributed by atoms with E-state index in [1.54, 1.807) is 12.3 Å². The van der Waals surface area contributed by atoms with E-state index in [9.17, 15) is 4.39 Å². The van der Waals surface area contributed by atoms with Crippen LogP contribution in [0.3, 0.4) is 0 Å². The number of nitrogens with zero attached hydrogens (tertiary/aromatic N) is 2. The zero-order valence-electron chi connectivity index (χ0n) is 10.8. The van der Waals surface area contributed by atoms with Gasteiger partial charge in [0.1, 0.15) is 5.82 Å². The molecule has 4 heteroatoms. The van der Waals surface area contributed by atoms with Gasteiger partial charge in [0.25, 0.3) is 0 Å². The Hall–Kier alpha value is -2.33. The molecule has 1 unspecified atom stereocenters. The van der Waals surface area contributed by atoms with E-state index in [-0.39, 0.29) is 11.5 Å². The number of aromatic nitrogens is 2. The molecule has 3 aromatic rings. The Balaban J connectivity index is 1.87. The minimum absolute atomic E-state index is 0.280.